The van der Waals surface area contributed by atoms with Gasteiger partial charge in [-0.1, -0.05) is 17.7 Å². The van der Waals surface area contributed by atoms with E-state index in [1.165, 1.54) is 23.5 Å². The fourth-order valence-electron chi connectivity index (χ4n) is 1.63. The molecule has 1 aromatic carbocycles. The summed E-state index contributed by atoms with van der Waals surface area (Å²) in [7, 11) is -3.69. The Morgan fingerprint density at radius 2 is 2.10 bits per heavy atom. The molecule has 0 fully saturated rings. The molecule has 0 atom stereocenters. The second-order valence-electron chi connectivity index (χ2n) is 4.21. The van der Waals surface area contributed by atoms with Gasteiger partial charge < -0.3 is 5.32 Å². The highest BCUT2D eigenvalue weighted by Crippen LogP contribution is 2.32. The highest BCUT2D eigenvalue weighted by Gasteiger charge is 2.10. The number of hydrogen-bond acceptors (Lipinski definition) is 4. The summed E-state index contributed by atoms with van der Waals surface area (Å²) in [6, 6.07) is 6.68. The van der Waals surface area contributed by atoms with E-state index in [4.69, 9.17) is 16.7 Å². The van der Waals surface area contributed by atoms with Crippen LogP contribution in [0.4, 0.5) is 5.69 Å². The van der Waals surface area contributed by atoms with Crippen LogP contribution < -0.4 is 10.5 Å². The van der Waals surface area contributed by atoms with E-state index in [0.717, 1.165) is 20.6 Å². The van der Waals surface area contributed by atoms with Gasteiger partial charge in [-0.25, -0.2) is 13.6 Å². The largest absolute Gasteiger partial charge is 0.380 e. The Morgan fingerprint density at radius 1 is 1.40 bits per heavy atom. The highest BCUT2D eigenvalue weighted by atomic mass is 79.9. The maximum Gasteiger partial charge on any atom is 0.238 e. The molecule has 0 amide bonds. The number of hydrogen-bond donors (Lipinski definition) is 2. The van der Waals surface area contributed by atoms with Crippen molar-refractivity contribution in [3.05, 3.63) is 43.5 Å². The lowest BCUT2D eigenvalue weighted by Crippen LogP contribution is -2.12. The lowest BCUT2D eigenvalue weighted by atomic mass is 10.2. The van der Waals surface area contributed by atoms with Crippen molar-refractivity contribution in [2.75, 3.05) is 5.32 Å². The van der Waals surface area contributed by atoms with Gasteiger partial charge in [0.05, 0.1) is 4.90 Å². The number of thiophene rings is 1. The van der Waals surface area contributed by atoms with Crippen LogP contribution >= 0.6 is 38.9 Å². The summed E-state index contributed by atoms with van der Waals surface area (Å²) in [5, 5.41) is 8.32. The molecule has 20 heavy (non-hydrogen) atoms. The molecule has 1 heterocycles. The molecule has 108 valence electrons. The first kappa shape index (κ1) is 15.8. The van der Waals surface area contributed by atoms with Crippen LogP contribution in [-0.4, -0.2) is 8.42 Å². The van der Waals surface area contributed by atoms with E-state index in [1.807, 2.05) is 13.0 Å². The molecule has 4 nitrogen and oxygen atoms in total. The van der Waals surface area contributed by atoms with E-state index in [2.05, 4.69) is 21.2 Å². The third kappa shape index (κ3) is 3.73. The maximum atomic E-state index is 11.3. The van der Waals surface area contributed by atoms with E-state index in [1.54, 1.807) is 6.07 Å². The van der Waals surface area contributed by atoms with E-state index in [-0.39, 0.29) is 4.90 Å². The van der Waals surface area contributed by atoms with Gasteiger partial charge in [0.2, 0.25) is 10.0 Å². The minimum Gasteiger partial charge on any atom is -0.380 e. The Hall–Kier alpha value is -0.600. The maximum absolute atomic E-state index is 11.3. The predicted molar refractivity (Wildman–Crippen MR) is 86.9 cm³/mol. The van der Waals surface area contributed by atoms with Crippen LogP contribution in [0.2, 0.25) is 4.34 Å². The van der Waals surface area contributed by atoms with E-state index < -0.39 is 10.0 Å². The fraction of sp³-hybridized carbons (Fsp3) is 0.167. The van der Waals surface area contributed by atoms with Gasteiger partial charge in [-0.2, -0.15) is 0 Å². The molecule has 8 heteroatoms. The molecule has 3 N–H and O–H groups in total. The predicted octanol–water partition coefficient (Wildman–Crippen LogP) is 3.73. The van der Waals surface area contributed by atoms with Crippen molar-refractivity contribution in [3.8, 4) is 0 Å². The smallest absolute Gasteiger partial charge is 0.238 e. The molecule has 0 aliphatic carbocycles. The van der Waals surface area contributed by atoms with Crippen LogP contribution in [0.25, 0.3) is 0 Å². The zero-order valence-corrected chi connectivity index (χ0v) is 14.5. The topological polar surface area (TPSA) is 72.2 Å². The summed E-state index contributed by atoms with van der Waals surface area (Å²) in [5.41, 5.74) is 1.68. The molecular formula is C12H12BrClN2O2S2. The van der Waals surface area contributed by atoms with Crippen LogP contribution in [0.15, 0.2) is 33.6 Å². The Morgan fingerprint density at radius 3 is 2.65 bits per heavy atom. The van der Waals surface area contributed by atoms with Gasteiger partial charge in [-0.3, -0.25) is 0 Å². The first-order valence-electron chi connectivity index (χ1n) is 5.58. The van der Waals surface area contributed by atoms with Crippen molar-refractivity contribution >= 4 is 54.6 Å². The Labute approximate surface area is 135 Å². The first-order valence-corrected chi connectivity index (χ1v) is 9.12. The van der Waals surface area contributed by atoms with Crippen LogP contribution in [0, 0.1) is 6.92 Å². The summed E-state index contributed by atoms with van der Waals surface area (Å²) >= 11 is 10.8. The monoisotopic (exact) mass is 394 g/mol. The Balaban J connectivity index is 2.21. The zero-order valence-electron chi connectivity index (χ0n) is 10.5. The molecule has 2 rings (SSSR count). The number of nitrogens with one attached hydrogen (secondary N) is 1. The Bertz CT molecular complexity index is 724. The number of benzene rings is 1. The minimum atomic E-state index is -3.69. The second-order valence-corrected chi connectivity index (χ2v) is 8.36. The van der Waals surface area contributed by atoms with Gasteiger partial charge >= 0.3 is 0 Å². The van der Waals surface area contributed by atoms with E-state index >= 15 is 0 Å². The molecule has 0 aliphatic rings. The SMILES string of the molecule is Cc1ccc(S(N)(=O)=O)cc1NCc1cc(Br)c(Cl)s1. The third-order valence-electron chi connectivity index (χ3n) is 2.69. The molecule has 0 aliphatic heterocycles. The molecule has 0 spiro atoms. The fourth-order valence-corrected chi connectivity index (χ4v) is 3.90. The standard InChI is InChI=1S/C12H12BrClN2O2S2/c1-7-2-3-9(20(15,17)18)5-11(7)16-6-8-4-10(13)12(14)19-8/h2-5,16H,6H2,1H3,(H2,15,17,18). The number of nitrogens with two attached hydrogens (primary N) is 1. The van der Waals surface area contributed by atoms with Gasteiger partial charge in [0.25, 0.3) is 0 Å². The van der Waals surface area contributed by atoms with Crippen LogP contribution in [0.5, 0.6) is 0 Å². The Kier molecular flexibility index (Phi) is 4.76. The summed E-state index contributed by atoms with van der Waals surface area (Å²) in [4.78, 5) is 1.14. The lowest BCUT2D eigenvalue weighted by Gasteiger charge is -2.10. The van der Waals surface area contributed by atoms with E-state index in [9.17, 15) is 8.42 Å². The lowest BCUT2D eigenvalue weighted by molar-refractivity contribution is 0.598. The minimum absolute atomic E-state index is 0.0935. The molecule has 0 bridgehead atoms. The van der Waals surface area contributed by atoms with Crippen molar-refractivity contribution in [2.24, 2.45) is 5.14 Å². The summed E-state index contributed by atoms with van der Waals surface area (Å²) in [6.45, 7) is 2.46. The van der Waals surface area contributed by atoms with Crippen molar-refractivity contribution in [2.45, 2.75) is 18.4 Å². The number of primary sulfonamides is 1. The summed E-state index contributed by atoms with van der Waals surface area (Å²) in [5.74, 6) is 0. The number of sulfonamides is 1. The van der Waals surface area contributed by atoms with Gasteiger partial charge in [0, 0.05) is 21.6 Å². The quantitative estimate of drug-likeness (QED) is 0.828. The van der Waals surface area contributed by atoms with Gasteiger partial charge in [0.1, 0.15) is 4.34 Å². The molecule has 2 aromatic rings. The van der Waals surface area contributed by atoms with Crippen molar-refractivity contribution in [3.63, 3.8) is 0 Å². The number of anilines is 1. The van der Waals surface area contributed by atoms with Crippen molar-refractivity contribution in [1.82, 2.24) is 0 Å². The molecular weight excluding hydrogens is 384 g/mol. The van der Waals surface area contributed by atoms with Crippen molar-refractivity contribution in [1.29, 1.82) is 0 Å². The van der Waals surface area contributed by atoms with Crippen LogP contribution in [0.1, 0.15) is 10.4 Å². The average molecular weight is 396 g/mol. The second kappa shape index (κ2) is 6.03. The zero-order chi connectivity index (χ0) is 14.9. The molecule has 0 saturated heterocycles. The molecule has 0 unspecified atom stereocenters. The van der Waals surface area contributed by atoms with Crippen molar-refractivity contribution < 1.29 is 8.42 Å². The average Bonchev–Trinajstić information content (AvgIpc) is 2.66. The third-order valence-corrected chi connectivity index (χ3v) is 6.07. The number of halogens is 2. The summed E-state index contributed by atoms with van der Waals surface area (Å²) in [6.07, 6.45) is 0. The number of rotatable bonds is 4. The van der Waals surface area contributed by atoms with Crippen LogP contribution in [-0.2, 0) is 16.6 Å². The molecule has 1 aromatic heterocycles. The van der Waals surface area contributed by atoms with Gasteiger partial charge in [-0.15, -0.1) is 11.3 Å². The highest BCUT2D eigenvalue weighted by molar-refractivity contribution is 9.10. The first-order chi connectivity index (χ1) is 9.27. The van der Waals surface area contributed by atoms with E-state index in [0.29, 0.717) is 10.9 Å². The van der Waals surface area contributed by atoms with Crippen LogP contribution in [0.3, 0.4) is 0 Å². The normalized spacial score (nSPS) is 11.6. The van der Waals surface area contributed by atoms with Gasteiger partial charge in [-0.05, 0) is 46.6 Å². The molecule has 0 saturated carbocycles. The van der Waals surface area contributed by atoms with Gasteiger partial charge in [0.15, 0.2) is 0 Å². The summed E-state index contributed by atoms with van der Waals surface area (Å²) < 4.78 is 24.2. The molecule has 0 radical (unpaired) electrons. The number of aryl methyl sites for hydroxylation is 1.